The molecule has 3 unspecified atom stereocenters. The zero-order valence-corrected chi connectivity index (χ0v) is 18.5. The van der Waals surface area contributed by atoms with Crippen LogP contribution in [0.25, 0.3) is 10.8 Å². The van der Waals surface area contributed by atoms with Crippen molar-refractivity contribution in [2.75, 3.05) is 20.3 Å². The van der Waals surface area contributed by atoms with Crippen molar-refractivity contribution < 1.29 is 9.84 Å². The molecule has 29 heavy (non-hydrogen) atoms. The smallest absolute Gasteiger partial charge is 0.0781 e. The van der Waals surface area contributed by atoms with Gasteiger partial charge in [0.1, 0.15) is 0 Å². The van der Waals surface area contributed by atoms with Crippen LogP contribution in [0.15, 0.2) is 58.5 Å². The number of hydrogen-bond acceptors (Lipinski definition) is 4. The average molecular weight is 408 g/mol. The van der Waals surface area contributed by atoms with E-state index in [9.17, 15) is 5.11 Å². The molecule has 1 aliphatic carbocycles. The molecule has 0 aromatic heterocycles. The second-order valence-electron chi connectivity index (χ2n) is 9.09. The van der Waals surface area contributed by atoms with Crippen molar-refractivity contribution in [3.05, 3.63) is 70.2 Å². The van der Waals surface area contributed by atoms with Gasteiger partial charge < -0.3 is 9.84 Å². The molecule has 0 spiro atoms. The van der Waals surface area contributed by atoms with Crippen LogP contribution >= 0.6 is 12.6 Å². The monoisotopic (exact) mass is 407 g/mol. The van der Waals surface area contributed by atoms with Crippen molar-refractivity contribution in [3.63, 3.8) is 0 Å². The molecule has 2 aromatic carbocycles. The maximum absolute atomic E-state index is 10.0. The van der Waals surface area contributed by atoms with Crippen molar-refractivity contribution in [2.24, 2.45) is 10.9 Å². The first-order valence-electron chi connectivity index (χ1n) is 10.1. The van der Waals surface area contributed by atoms with Crippen molar-refractivity contribution in [3.8, 4) is 0 Å². The summed E-state index contributed by atoms with van der Waals surface area (Å²) in [5.74, 6) is 0.0690. The molecule has 0 saturated heterocycles. The lowest BCUT2D eigenvalue weighted by atomic mass is 9.74. The van der Waals surface area contributed by atoms with Crippen molar-refractivity contribution in [1.29, 1.82) is 0 Å². The van der Waals surface area contributed by atoms with E-state index in [1.54, 1.807) is 7.11 Å². The first-order chi connectivity index (χ1) is 13.8. The Morgan fingerprint density at radius 1 is 1.24 bits per heavy atom. The lowest BCUT2D eigenvalue weighted by molar-refractivity contribution is 0.218. The molecule has 3 atom stereocenters. The van der Waals surface area contributed by atoms with Gasteiger partial charge in [0.05, 0.1) is 25.0 Å². The fourth-order valence-corrected chi connectivity index (χ4v) is 5.11. The Balaban J connectivity index is 2.09. The van der Waals surface area contributed by atoms with Crippen molar-refractivity contribution in [1.82, 2.24) is 0 Å². The lowest BCUT2D eigenvalue weighted by Crippen LogP contribution is -2.31. The number of rotatable bonds is 4. The molecular formula is C25H29NO2S. The highest BCUT2D eigenvalue weighted by Crippen LogP contribution is 2.49. The minimum atomic E-state index is -0.0551. The van der Waals surface area contributed by atoms with Gasteiger partial charge in [0.25, 0.3) is 0 Å². The van der Waals surface area contributed by atoms with E-state index in [-0.39, 0.29) is 29.9 Å². The van der Waals surface area contributed by atoms with E-state index in [2.05, 4.69) is 76.4 Å². The zero-order valence-electron chi connectivity index (χ0n) is 17.6. The first-order valence-corrected chi connectivity index (χ1v) is 10.6. The molecule has 1 N–H and O–H groups in total. The molecule has 0 amide bonds. The number of allylic oxidation sites excluding steroid dienone is 1. The van der Waals surface area contributed by atoms with Crippen molar-refractivity contribution >= 4 is 29.1 Å². The second kappa shape index (κ2) is 7.42. The van der Waals surface area contributed by atoms with Gasteiger partial charge in [-0.2, -0.15) is 0 Å². The number of aliphatic hydroxyl groups is 1. The molecule has 4 heteroatoms. The number of thiol groups is 1. The average Bonchev–Trinajstić information content (AvgIpc) is 3.03. The van der Waals surface area contributed by atoms with Crippen LogP contribution in [0.1, 0.15) is 43.4 Å². The predicted molar refractivity (Wildman–Crippen MR) is 124 cm³/mol. The van der Waals surface area contributed by atoms with Gasteiger partial charge in [-0.25, -0.2) is 0 Å². The zero-order chi connectivity index (χ0) is 20.9. The van der Waals surface area contributed by atoms with E-state index in [4.69, 9.17) is 9.73 Å². The van der Waals surface area contributed by atoms with Gasteiger partial charge in [-0.1, -0.05) is 57.7 Å². The summed E-state index contributed by atoms with van der Waals surface area (Å²) in [6, 6.07) is 10.9. The van der Waals surface area contributed by atoms with E-state index in [0.29, 0.717) is 11.5 Å². The quantitative estimate of drug-likeness (QED) is 0.551. The van der Waals surface area contributed by atoms with Gasteiger partial charge >= 0.3 is 0 Å². The number of aliphatic hydroxyl groups excluding tert-OH is 1. The summed E-state index contributed by atoms with van der Waals surface area (Å²) in [6.45, 7) is 11.4. The molecule has 1 heterocycles. The topological polar surface area (TPSA) is 41.8 Å². The van der Waals surface area contributed by atoms with Crippen LogP contribution in [-0.2, 0) is 10.2 Å². The van der Waals surface area contributed by atoms with Crippen LogP contribution in [-0.4, -0.2) is 37.2 Å². The number of fused-ring (bicyclic) bond motifs is 5. The van der Waals surface area contributed by atoms with Gasteiger partial charge in [-0.3, -0.25) is 4.99 Å². The van der Waals surface area contributed by atoms with Crippen LogP contribution < -0.4 is 0 Å². The third kappa shape index (κ3) is 3.27. The fourth-order valence-electron chi connectivity index (χ4n) is 4.93. The van der Waals surface area contributed by atoms with Gasteiger partial charge in [0.15, 0.2) is 0 Å². The number of nitrogens with zero attached hydrogens (tertiary/aromatic N) is 1. The summed E-state index contributed by atoms with van der Waals surface area (Å²) < 4.78 is 5.52. The molecule has 3 nitrogen and oxygen atoms in total. The predicted octanol–water partition coefficient (Wildman–Crippen LogP) is 5.03. The van der Waals surface area contributed by atoms with Crippen LogP contribution in [0.3, 0.4) is 0 Å². The standard InChI is InChI=1S/C25H29NO2S/c1-14(29)23-19-11-20(25(2,3)4)17-8-6-7-9-18(17)22(19)21-16(13-28-5)10-15(12-27)24(21)26-23/h6-11,15,21,24,27,29H,1,12-13H2,2-5H3. The Hall–Kier alpha value is -1.88. The van der Waals surface area contributed by atoms with Crippen LogP contribution in [0.4, 0.5) is 0 Å². The Kier molecular flexibility index (Phi) is 5.22. The molecule has 2 aliphatic rings. The number of benzene rings is 2. The molecule has 4 rings (SSSR count). The summed E-state index contributed by atoms with van der Waals surface area (Å²) in [4.78, 5) is 5.74. The molecule has 152 valence electrons. The molecule has 0 fully saturated rings. The first kappa shape index (κ1) is 20.4. The van der Waals surface area contributed by atoms with Gasteiger partial charge in [-0.05, 0) is 39.0 Å². The number of hydrogen-bond donors (Lipinski definition) is 2. The lowest BCUT2D eigenvalue weighted by Gasteiger charge is -2.34. The van der Waals surface area contributed by atoms with E-state index >= 15 is 0 Å². The summed E-state index contributed by atoms with van der Waals surface area (Å²) in [7, 11) is 1.72. The van der Waals surface area contributed by atoms with E-state index in [1.165, 1.54) is 27.5 Å². The molecule has 2 aromatic rings. The Morgan fingerprint density at radius 3 is 2.52 bits per heavy atom. The number of ether oxygens (including phenoxy) is 1. The van der Waals surface area contributed by atoms with E-state index in [0.717, 1.165) is 11.3 Å². The summed E-state index contributed by atoms with van der Waals surface area (Å²) in [5, 5.41) is 12.5. The summed E-state index contributed by atoms with van der Waals surface area (Å²) >= 11 is 4.59. The van der Waals surface area contributed by atoms with Crippen LogP contribution in [0, 0.1) is 5.92 Å². The third-order valence-corrected chi connectivity index (χ3v) is 6.35. The number of aliphatic imine (C=N–C) groups is 1. The largest absolute Gasteiger partial charge is 0.396 e. The Labute approximate surface area is 178 Å². The maximum atomic E-state index is 10.0. The van der Waals surface area contributed by atoms with Gasteiger partial charge in [0.2, 0.25) is 0 Å². The highest BCUT2D eigenvalue weighted by molar-refractivity contribution is 7.85. The highest BCUT2D eigenvalue weighted by atomic mass is 32.1. The Bertz CT molecular complexity index is 1040. The fraction of sp³-hybridized carbons (Fsp3) is 0.400. The minimum absolute atomic E-state index is 0.0109. The van der Waals surface area contributed by atoms with Crippen LogP contribution in [0.5, 0.6) is 0 Å². The molecule has 0 bridgehead atoms. The normalized spacial score (nSPS) is 23.4. The second-order valence-corrected chi connectivity index (χ2v) is 9.63. The molecule has 0 radical (unpaired) electrons. The highest BCUT2D eigenvalue weighted by Gasteiger charge is 2.43. The van der Waals surface area contributed by atoms with Gasteiger partial charge in [-0.15, -0.1) is 12.6 Å². The van der Waals surface area contributed by atoms with E-state index in [1.807, 2.05) is 0 Å². The summed E-state index contributed by atoms with van der Waals surface area (Å²) in [5.41, 5.74) is 5.68. The minimum Gasteiger partial charge on any atom is -0.396 e. The molecule has 0 saturated carbocycles. The van der Waals surface area contributed by atoms with Crippen molar-refractivity contribution in [2.45, 2.75) is 38.1 Å². The molecular weight excluding hydrogens is 378 g/mol. The van der Waals surface area contributed by atoms with E-state index < -0.39 is 0 Å². The van der Waals surface area contributed by atoms with Gasteiger partial charge in [0, 0.05) is 29.4 Å². The third-order valence-electron chi connectivity index (χ3n) is 6.14. The molecule has 1 aliphatic heterocycles. The van der Waals surface area contributed by atoms with Crippen LogP contribution in [0.2, 0.25) is 0 Å². The maximum Gasteiger partial charge on any atom is 0.0781 e. The number of methoxy groups -OCH3 is 1. The summed E-state index contributed by atoms with van der Waals surface area (Å²) in [6.07, 6.45) is 2.16. The SMILES string of the molecule is C=C(S)C1=NC2C(CO)C=C(COC)C2c2c1cc(C(C)(C)C)c1ccccc21. The Morgan fingerprint density at radius 2 is 1.93 bits per heavy atom.